The van der Waals surface area contributed by atoms with Crippen LogP contribution in [-0.4, -0.2) is 19.4 Å². The number of carbonyl (C=O) groups excluding carboxylic acids is 1. The summed E-state index contributed by atoms with van der Waals surface area (Å²) in [5.74, 6) is 0. The van der Waals surface area contributed by atoms with Crippen molar-refractivity contribution in [1.29, 1.82) is 0 Å². The van der Waals surface area contributed by atoms with Gasteiger partial charge >= 0.3 is 0 Å². The fourth-order valence-electron chi connectivity index (χ4n) is 2.09. The molecular formula is C12H14N2O2. The van der Waals surface area contributed by atoms with Gasteiger partial charge in [0.2, 0.25) is 0 Å². The van der Waals surface area contributed by atoms with Crippen molar-refractivity contribution >= 4 is 17.7 Å². The Balaban J connectivity index is 2.31. The lowest BCUT2D eigenvalue weighted by Crippen LogP contribution is -2.29. The molecule has 0 amide bonds. The number of piperidine rings is 1. The van der Waals surface area contributed by atoms with Gasteiger partial charge in [-0.15, -0.1) is 4.91 Å². The quantitative estimate of drug-likeness (QED) is 0.579. The zero-order valence-corrected chi connectivity index (χ0v) is 9.06. The van der Waals surface area contributed by atoms with Crippen molar-refractivity contribution in [3.8, 4) is 0 Å². The molecule has 0 N–H and O–H groups in total. The van der Waals surface area contributed by atoms with Crippen molar-refractivity contribution in [1.82, 2.24) is 0 Å². The molecule has 2 rings (SSSR count). The Hall–Kier alpha value is -1.71. The van der Waals surface area contributed by atoms with Crippen molar-refractivity contribution in [3.63, 3.8) is 0 Å². The number of nitrogens with zero attached hydrogens (tertiary/aromatic N) is 2. The van der Waals surface area contributed by atoms with Crippen LogP contribution in [0.3, 0.4) is 0 Å². The molecule has 0 spiro atoms. The summed E-state index contributed by atoms with van der Waals surface area (Å²) in [6, 6.07) is 5.08. The number of hydrogen-bond acceptors (Lipinski definition) is 4. The zero-order valence-electron chi connectivity index (χ0n) is 9.06. The zero-order chi connectivity index (χ0) is 11.4. The molecule has 0 unspecified atom stereocenters. The summed E-state index contributed by atoms with van der Waals surface area (Å²) in [5, 5.41) is 3.00. The summed E-state index contributed by atoms with van der Waals surface area (Å²) in [6.45, 7) is 1.92. The molecule has 4 heteroatoms. The lowest BCUT2D eigenvalue weighted by molar-refractivity contribution is 0.112. The van der Waals surface area contributed by atoms with Crippen molar-refractivity contribution < 1.29 is 4.79 Å². The second-order valence-corrected chi connectivity index (χ2v) is 4.00. The Bertz CT molecular complexity index is 398. The van der Waals surface area contributed by atoms with Crippen molar-refractivity contribution in [2.75, 3.05) is 18.0 Å². The fourth-order valence-corrected chi connectivity index (χ4v) is 2.09. The molecule has 1 saturated heterocycles. The summed E-state index contributed by atoms with van der Waals surface area (Å²) >= 11 is 0. The van der Waals surface area contributed by atoms with Gasteiger partial charge < -0.3 is 4.90 Å². The van der Waals surface area contributed by atoms with E-state index in [-0.39, 0.29) is 0 Å². The maximum Gasteiger partial charge on any atom is 0.150 e. The van der Waals surface area contributed by atoms with Crippen LogP contribution in [0.5, 0.6) is 0 Å². The van der Waals surface area contributed by atoms with E-state index in [4.69, 9.17) is 0 Å². The standard InChI is InChI=1S/C12H14N2O2/c15-9-10-4-5-12(11(8-10)13-16)14-6-2-1-3-7-14/h4-5,8-9H,1-3,6-7H2. The molecule has 0 aromatic heterocycles. The van der Waals surface area contributed by atoms with Crippen LogP contribution in [0.25, 0.3) is 0 Å². The Morgan fingerprint density at radius 1 is 1.19 bits per heavy atom. The number of rotatable bonds is 3. The first-order valence-electron chi connectivity index (χ1n) is 5.52. The molecule has 1 heterocycles. The molecule has 0 radical (unpaired) electrons. The summed E-state index contributed by atoms with van der Waals surface area (Å²) in [4.78, 5) is 23.5. The van der Waals surface area contributed by atoms with Crippen LogP contribution in [0.15, 0.2) is 23.4 Å². The Kier molecular flexibility index (Phi) is 3.29. The highest BCUT2D eigenvalue weighted by Crippen LogP contribution is 2.31. The number of nitroso groups, excluding NO2 is 1. The van der Waals surface area contributed by atoms with E-state index in [0.29, 0.717) is 11.3 Å². The largest absolute Gasteiger partial charge is 0.370 e. The first kappa shape index (κ1) is 10.8. The van der Waals surface area contributed by atoms with Gasteiger partial charge in [0, 0.05) is 18.7 Å². The van der Waals surface area contributed by atoms with Crippen LogP contribution in [0, 0.1) is 4.91 Å². The van der Waals surface area contributed by atoms with Gasteiger partial charge in [0.05, 0.1) is 5.69 Å². The number of anilines is 1. The summed E-state index contributed by atoms with van der Waals surface area (Å²) in [5.41, 5.74) is 1.71. The normalized spacial score (nSPS) is 15.9. The monoisotopic (exact) mass is 218 g/mol. The molecule has 1 aliphatic heterocycles. The van der Waals surface area contributed by atoms with Crippen molar-refractivity contribution in [2.45, 2.75) is 19.3 Å². The molecular weight excluding hydrogens is 204 g/mol. The summed E-state index contributed by atoms with van der Waals surface area (Å²) in [6.07, 6.45) is 4.27. The highest BCUT2D eigenvalue weighted by Gasteiger charge is 2.15. The average molecular weight is 218 g/mol. The lowest BCUT2D eigenvalue weighted by atomic mass is 10.1. The van der Waals surface area contributed by atoms with Crippen LogP contribution < -0.4 is 4.90 Å². The summed E-state index contributed by atoms with van der Waals surface area (Å²) in [7, 11) is 0. The van der Waals surface area contributed by atoms with E-state index < -0.39 is 0 Å². The number of aldehydes is 1. The van der Waals surface area contributed by atoms with Gasteiger partial charge in [-0.3, -0.25) is 4.79 Å². The highest BCUT2D eigenvalue weighted by atomic mass is 16.3. The second kappa shape index (κ2) is 4.88. The fraction of sp³-hybridized carbons (Fsp3) is 0.417. The van der Waals surface area contributed by atoms with Crippen LogP contribution >= 0.6 is 0 Å². The second-order valence-electron chi connectivity index (χ2n) is 4.00. The van der Waals surface area contributed by atoms with Crippen LogP contribution in [-0.2, 0) is 0 Å². The van der Waals surface area contributed by atoms with Gasteiger partial charge in [0.25, 0.3) is 0 Å². The Labute approximate surface area is 94.2 Å². The molecule has 1 aromatic carbocycles. The first-order valence-corrected chi connectivity index (χ1v) is 5.52. The number of hydrogen-bond donors (Lipinski definition) is 0. The minimum atomic E-state index is 0.367. The maximum atomic E-state index is 10.7. The van der Waals surface area contributed by atoms with E-state index in [9.17, 15) is 9.70 Å². The molecule has 16 heavy (non-hydrogen) atoms. The van der Waals surface area contributed by atoms with Crippen LogP contribution in [0.4, 0.5) is 11.4 Å². The van der Waals surface area contributed by atoms with Gasteiger partial charge in [0.15, 0.2) is 0 Å². The smallest absolute Gasteiger partial charge is 0.150 e. The average Bonchev–Trinajstić information content (AvgIpc) is 2.39. The SMILES string of the molecule is O=Cc1ccc(N2CCCCC2)c(N=O)c1. The molecule has 1 aromatic rings. The predicted molar refractivity (Wildman–Crippen MR) is 63.3 cm³/mol. The van der Waals surface area contributed by atoms with Gasteiger partial charge in [-0.05, 0) is 42.6 Å². The highest BCUT2D eigenvalue weighted by molar-refractivity contribution is 5.80. The third kappa shape index (κ3) is 2.10. The van der Waals surface area contributed by atoms with Gasteiger partial charge in [-0.1, -0.05) is 0 Å². The van der Waals surface area contributed by atoms with Gasteiger partial charge in [-0.25, -0.2) is 0 Å². The van der Waals surface area contributed by atoms with Crippen molar-refractivity contribution in [3.05, 3.63) is 28.7 Å². The van der Waals surface area contributed by atoms with E-state index in [1.165, 1.54) is 6.42 Å². The molecule has 1 fully saturated rings. The molecule has 0 saturated carbocycles. The minimum absolute atomic E-state index is 0.367. The van der Waals surface area contributed by atoms with E-state index in [1.54, 1.807) is 12.1 Å². The Morgan fingerprint density at radius 2 is 1.94 bits per heavy atom. The predicted octanol–water partition coefficient (Wildman–Crippen LogP) is 2.89. The molecule has 0 aliphatic carbocycles. The first-order chi connectivity index (χ1) is 7.85. The molecule has 84 valence electrons. The molecule has 0 atom stereocenters. The number of carbonyl (C=O) groups is 1. The summed E-state index contributed by atoms with van der Waals surface area (Å²) < 4.78 is 0. The Morgan fingerprint density at radius 3 is 2.56 bits per heavy atom. The van der Waals surface area contributed by atoms with Gasteiger partial charge in [0.1, 0.15) is 12.0 Å². The number of benzene rings is 1. The van der Waals surface area contributed by atoms with E-state index in [2.05, 4.69) is 10.1 Å². The minimum Gasteiger partial charge on any atom is -0.370 e. The maximum absolute atomic E-state index is 10.7. The van der Waals surface area contributed by atoms with Crippen LogP contribution in [0.1, 0.15) is 29.6 Å². The van der Waals surface area contributed by atoms with Gasteiger partial charge in [-0.2, -0.15) is 0 Å². The topological polar surface area (TPSA) is 49.7 Å². The molecule has 0 bridgehead atoms. The lowest BCUT2D eigenvalue weighted by Gasteiger charge is -2.29. The van der Waals surface area contributed by atoms with E-state index in [1.807, 2.05) is 6.07 Å². The van der Waals surface area contributed by atoms with Crippen molar-refractivity contribution in [2.24, 2.45) is 5.18 Å². The van der Waals surface area contributed by atoms with Crippen LogP contribution in [0.2, 0.25) is 0 Å². The third-order valence-corrected chi connectivity index (χ3v) is 2.93. The van der Waals surface area contributed by atoms with E-state index in [0.717, 1.165) is 37.9 Å². The third-order valence-electron chi connectivity index (χ3n) is 2.93. The van der Waals surface area contributed by atoms with E-state index >= 15 is 0 Å². The molecule has 4 nitrogen and oxygen atoms in total. The molecule has 1 aliphatic rings.